The Labute approximate surface area is 138 Å². The monoisotopic (exact) mass is 314 g/mol. The van der Waals surface area contributed by atoms with Gasteiger partial charge < -0.3 is 10.2 Å². The van der Waals surface area contributed by atoms with Gasteiger partial charge in [-0.15, -0.1) is 0 Å². The summed E-state index contributed by atoms with van der Waals surface area (Å²) in [5, 5.41) is 7.35. The summed E-state index contributed by atoms with van der Waals surface area (Å²) in [7, 11) is 2.15. The van der Waals surface area contributed by atoms with E-state index in [1.807, 2.05) is 35.1 Å². The second kappa shape index (κ2) is 6.96. The number of carbonyl (C=O) groups excluding carboxylic acids is 1. The Kier molecular flexibility index (Phi) is 4.76. The summed E-state index contributed by atoms with van der Waals surface area (Å²) >= 11 is 0. The molecule has 1 aromatic heterocycles. The Balaban J connectivity index is 0.00000208. The lowest BCUT2D eigenvalue weighted by Crippen LogP contribution is -2.31. The largest absolute Gasteiger partial charge is 0.319 e. The Bertz CT molecular complexity index is 660. The van der Waals surface area contributed by atoms with Gasteiger partial charge in [-0.25, -0.2) is 0 Å². The van der Waals surface area contributed by atoms with Crippen molar-refractivity contribution in [3.63, 3.8) is 0 Å². The third-order valence-electron chi connectivity index (χ3n) is 4.55. The molecule has 1 aliphatic rings. The molecule has 0 radical (unpaired) electrons. The van der Waals surface area contributed by atoms with E-state index < -0.39 is 0 Å². The Morgan fingerprint density at radius 1 is 1.30 bits per heavy atom. The first-order chi connectivity index (χ1) is 11.2. The van der Waals surface area contributed by atoms with Gasteiger partial charge in [0.2, 0.25) is 0 Å². The lowest BCUT2D eigenvalue weighted by molar-refractivity contribution is 0.102. The normalized spacial score (nSPS) is 16.4. The van der Waals surface area contributed by atoms with E-state index in [9.17, 15) is 4.79 Å². The third-order valence-corrected chi connectivity index (χ3v) is 4.55. The molecule has 0 unspecified atom stereocenters. The van der Waals surface area contributed by atoms with Crippen LogP contribution in [0, 0.1) is 0 Å². The zero-order chi connectivity index (χ0) is 16.2. The molecule has 1 aromatic carbocycles. The molecule has 0 spiro atoms. The van der Waals surface area contributed by atoms with Crippen molar-refractivity contribution in [3.8, 4) is 0 Å². The number of aryl methyl sites for hydroxylation is 1. The van der Waals surface area contributed by atoms with Crippen LogP contribution >= 0.6 is 0 Å². The molecule has 1 amide bonds. The molecule has 5 nitrogen and oxygen atoms in total. The highest BCUT2D eigenvalue weighted by Gasteiger charge is 2.19. The lowest BCUT2D eigenvalue weighted by Gasteiger charge is -2.28. The van der Waals surface area contributed by atoms with E-state index in [1.54, 1.807) is 6.20 Å². The van der Waals surface area contributed by atoms with Crippen LogP contribution in [0.3, 0.4) is 0 Å². The van der Waals surface area contributed by atoms with Crippen LogP contribution in [0.2, 0.25) is 0 Å². The number of aromatic nitrogens is 2. The maximum atomic E-state index is 12.3. The van der Waals surface area contributed by atoms with E-state index >= 15 is 0 Å². The fourth-order valence-electron chi connectivity index (χ4n) is 2.96. The number of carbonyl (C=O) groups is 1. The topological polar surface area (TPSA) is 50.2 Å². The van der Waals surface area contributed by atoms with Crippen LogP contribution in [0.25, 0.3) is 0 Å². The van der Waals surface area contributed by atoms with Crippen LogP contribution in [0.5, 0.6) is 0 Å². The number of rotatable bonds is 4. The van der Waals surface area contributed by atoms with E-state index in [1.165, 1.54) is 5.56 Å². The quantitative estimate of drug-likeness (QED) is 0.943. The van der Waals surface area contributed by atoms with Gasteiger partial charge in [-0.2, -0.15) is 5.10 Å². The third kappa shape index (κ3) is 3.79. The molecule has 0 aliphatic carbocycles. The molecule has 0 saturated carbocycles. The fraction of sp³-hybridized carbons (Fsp3) is 0.444. The molecule has 1 fully saturated rings. The highest BCUT2D eigenvalue weighted by molar-refractivity contribution is 6.04. The number of hydrogen-bond acceptors (Lipinski definition) is 3. The number of amides is 1. The first-order valence-corrected chi connectivity index (χ1v) is 8.28. The predicted octanol–water partition coefficient (Wildman–Crippen LogP) is 3.21. The van der Waals surface area contributed by atoms with E-state index in [0.29, 0.717) is 11.6 Å². The zero-order valence-electron chi connectivity index (χ0n) is 13.8. The fourth-order valence-corrected chi connectivity index (χ4v) is 2.96. The first-order valence-electron chi connectivity index (χ1n) is 8.28. The molecule has 5 heteroatoms. The van der Waals surface area contributed by atoms with Crippen LogP contribution in [0.15, 0.2) is 36.7 Å². The summed E-state index contributed by atoms with van der Waals surface area (Å²) in [6, 6.07) is 8.17. The molecule has 0 atom stereocenters. The summed E-state index contributed by atoms with van der Waals surface area (Å²) in [6.07, 6.45) is 6.85. The second-order valence-corrected chi connectivity index (χ2v) is 6.25. The van der Waals surface area contributed by atoms with Gasteiger partial charge in [-0.3, -0.25) is 9.48 Å². The molecular formula is C18H26N4O. The minimum absolute atomic E-state index is 0. The van der Waals surface area contributed by atoms with Crippen molar-refractivity contribution in [2.75, 3.05) is 25.5 Å². The van der Waals surface area contributed by atoms with E-state index in [4.69, 9.17) is 0 Å². The molecule has 0 bridgehead atoms. The molecule has 1 saturated heterocycles. The number of nitrogens with one attached hydrogen (secondary N) is 1. The zero-order valence-corrected chi connectivity index (χ0v) is 13.8. The summed E-state index contributed by atoms with van der Waals surface area (Å²) in [6.45, 7) is 4.29. The highest BCUT2D eigenvalue weighted by atomic mass is 16.1. The molecule has 2 heterocycles. The van der Waals surface area contributed by atoms with Gasteiger partial charge in [-0.1, -0.05) is 19.1 Å². The van der Waals surface area contributed by atoms with Gasteiger partial charge in [0.25, 0.3) is 5.91 Å². The maximum absolute atomic E-state index is 12.3. The Morgan fingerprint density at radius 3 is 2.65 bits per heavy atom. The lowest BCUT2D eigenvalue weighted by atomic mass is 10.1. The van der Waals surface area contributed by atoms with Crippen LogP contribution in [0.1, 0.15) is 43.2 Å². The van der Waals surface area contributed by atoms with E-state index in [0.717, 1.165) is 38.0 Å². The molecule has 2 aromatic rings. The van der Waals surface area contributed by atoms with Gasteiger partial charge in [0.05, 0.1) is 17.9 Å². The number of anilines is 1. The van der Waals surface area contributed by atoms with Crippen molar-refractivity contribution in [2.45, 2.75) is 32.2 Å². The Hall–Kier alpha value is -2.14. The van der Waals surface area contributed by atoms with Crippen LogP contribution in [-0.4, -0.2) is 40.7 Å². The highest BCUT2D eigenvalue weighted by Crippen LogP contribution is 2.22. The molecular weight excluding hydrogens is 288 g/mol. The number of benzene rings is 1. The minimum atomic E-state index is -0.0874. The smallest absolute Gasteiger partial charge is 0.255 e. The summed E-state index contributed by atoms with van der Waals surface area (Å²) in [4.78, 5) is 14.6. The molecule has 1 N–H and O–H groups in total. The van der Waals surface area contributed by atoms with Crippen molar-refractivity contribution in [2.24, 2.45) is 0 Å². The molecule has 23 heavy (non-hydrogen) atoms. The number of hydrogen-bond donors (Lipinski definition) is 1. The standard InChI is InChI=1S/C18H24N4O.H2/c1-3-14-4-6-15(7-5-14)18(23)20-16-12-19-22(13-16)17-8-10-21(2)11-9-17;/h4-7,12-13,17H,3,8-11H2,1-2H3,(H,20,23);1H. The number of likely N-dealkylation sites (tertiary alicyclic amines) is 1. The van der Waals surface area contributed by atoms with Crippen LogP contribution in [-0.2, 0) is 6.42 Å². The Morgan fingerprint density at radius 2 is 2.00 bits per heavy atom. The summed E-state index contributed by atoms with van der Waals surface area (Å²) in [5.74, 6) is -0.0874. The van der Waals surface area contributed by atoms with Gasteiger partial charge in [0.1, 0.15) is 0 Å². The molecule has 3 rings (SSSR count). The van der Waals surface area contributed by atoms with Crippen molar-refractivity contribution < 1.29 is 6.22 Å². The van der Waals surface area contributed by atoms with Crippen LogP contribution < -0.4 is 5.32 Å². The second-order valence-electron chi connectivity index (χ2n) is 6.25. The average Bonchev–Trinajstić information content (AvgIpc) is 3.04. The van der Waals surface area contributed by atoms with Gasteiger partial charge >= 0.3 is 0 Å². The van der Waals surface area contributed by atoms with Crippen molar-refractivity contribution in [1.82, 2.24) is 14.7 Å². The van der Waals surface area contributed by atoms with Crippen molar-refractivity contribution >= 4 is 11.6 Å². The van der Waals surface area contributed by atoms with Crippen molar-refractivity contribution in [3.05, 3.63) is 47.8 Å². The average molecular weight is 314 g/mol. The predicted molar refractivity (Wildman–Crippen MR) is 93.9 cm³/mol. The van der Waals surface area contributed by atoms with Crippen molar-refractivity contribution in [1.29, 1.82) is 0 Å². The van der Waals surface area contributed by atoms with Gasteiger partial charge in [0.15, 0.2) is 0 Å². The molecule has 1 aliphatic heterocycles. The number of piperidine rings is 1. The summed E-state index contributed by atoms with van der Waals surface area (Å²) < 4.78 is 1.99. The SMILES string of the molecule is CCc1ccc(C(=O)Nc2cnn(C3CCN(C)CC3)c2)cc1.[HH]. The van der Waals surface area contributed by atoms with Crippen LogP contribution in [0.4, 0.5) is 5.69 Å². The molecule has 124 valence electrons. The van der Waals surface area contributed by atoms with E-state index in [2.05, 4.69) is 29.3 Å². The first kappa shape index (κ1) is 15.7. The minimum Gasteiger partial charge on any atom is -0.319 e. The summed E-state index contributed by atoms with van der Waals surface area (Å²) in [5.41, 5.74) is 2.67. The van der Waals surface area contributed by atoms with Gasteiger partial charge in [-0.05, 0) is 57.1 Å². The van der Waals surface area contributed by atoms with Gasteiger partial charge in [0, 0.05) is 13.2 Å². The maximum Gasteiger partial charge on any atom is 0.255 e. The van der Waals surface area contributed by atoms with E-state index in [-0.39, 0.29) is 7.33 Å². The number of nitrogens with zero attached hydrogens (tertiary/aromatic N) is 3.